The predicted molar refractivity (Wildman–Crippen MR) is 53.3 cm³/mol. The van der Waals surface area contributed by atoms with E-state index in [4.69, 9.17) is 17.3 Å². The molecule has 1 nitrogen and oxygen atoms in total. The Hall–Kier alpha value is -0.600. The molecule has 0 fully saturated rings. The summed E-state index contributed by atoms with van der Waals surface area (Å²) in [6, 6.07) is 6.36. The van der Waals surface area contributed by atoms with Crippen LogP contribution in [0.3, 0.4) is 0 Å². The maximum Gasteiger partial charge on any atom is 0.127 e. The second-order valence-corrected chi connectivity index (χ2v) is 3.34. The number of rotatable bonds is 4. The number of halogens is 2. The van der Waals surface area contributed by atoms with E-state index in [0.717, 1.165) is 12.8 Å². The Morgan fingerprint density at radius 2 is 2.08 bits per heavy atom. The van der Waals surface area contributed by atoms with Crippen LogP contribution in [0, 0.1) is 5.82 Å². The Labute approximate surface area is 82.7 Å². The lowest BCUT2D eigenvalue weighted by Crippen LogP contribution is -2.12. The van der Waals surface area contributed by atoms with Gasteiger partial charge in [0.25, 0.3) is 0 Å². The average Bonchev–Trinajstić information content (AvgIpc) is 2.15. The summed E-state index contributed by atoms with van der Waals surface area (Å²) in [5.41, 5.74) is 6.36. The van der Waals surface area contributed by atoms with Crippen molar-refractivity contribution in [3.8, 4) is 0 Å². The van der Waals surface area contributed by atoms with E-state index < -0.39 is 0 Å². The highest BCUT2D eigenvalue weighted by atomic mass is 35.5. The fourth-order valence-corrected chi connectivity index (χ4v) is 1.38. The summed E-state index contributed by atoms with van der Waals surface area (Å²) in [5, 5.41) is 0. The van der Waals surface area contributed by atoms with Gasteiger partial charge < -0.3 is 5.73 Å². The minimum atomic E-state index is -0.236. The molecule has 0 spiro atoms. The molecule has 13 heavy (non-hydrogen) atoms. The van der Waals surface area contributed by atoms with Crippen LogP contribution < -0.4 is 5.73 Å². The summed E-state index contributed by atoms with van der Waals surface area (Å²) in [6.45, 7) is 0. The summed E-state index contributed by atoms with van der Waals surface area (Å²) >= 11 is 5.52. The second-order valence-electron chi connectivity index (χ2n) is 2.96. The first-order valence-electron chi connectivity index (χ1n) is 4.31. The number of nitrogens with two attached hydrogens (primary N) is 1. The zero-order valence-corrected chi connectivity index (χ0v) is 8.10. The molecule has 0 saturated heterocycles. The number of benzene rings is 1. The molecule has 0 unspecified atom stereocenters. The van der Waals surface area contributed by atoms with Gasteiger partial charge in [0.05, 0.1) is 0 Å². The standard InChI is InChI=1S/C10H13ClFN/c11-7-3-6-10(13)8-4-1-2-5-9(8)12/h1-2,4-5,10H,3,6-7,13H2/t10-/m0/s1. The van der Waals surface area contributed by atoms with Crippen LogP contribution in [-0.4, -0.2) is 5.88 Å². The number of hydrogen-bond donors (Lipinski definition) is 1. The van der Waals surface area contributed by atoms with Crippen molar-refractivity contribution >= 4 is 11.6 Å². The van der Waals surface area contributed by atoms with Gasteiger partial charge in [0.2, 0.25) is 0 Å². The summed E-state index contributed by atoms with van der Waals surface area (Å²) in [4.78, 5) is 0. The first kappa shape index (κ1) is 10.5. The maximum atomic E-state index is 13.2. The molecule has 0 aliphatic carbocycles. The molecule has 1 atom stereocenters. The minimum absolute atomic E-state index is 0.232. The van der Waals surface area contributed by atoms with Gasteiger partial charge in [-0.25, -0.2) is 4.39 Å². The van der Waals surface area contributed by atoms with Crippen molar-refractivity contribution < 1.29 is 4.39 Å². The molecular weight excluding hydrogens is 189 g/mol. The lowest BCUT2D eigenvalue weighted by atomic mass is 10.0. The van der Waals surface area contributed by atoms with Gasteiger partial charge in [-0.3, -0.25) is 0 Å². The third-order valence-corrected chi connectivity index (χ3v) is 2.22. The average molecular weight is 202 g/mol. The monoisotopic (exact) mass is 201 g/mol. The molecule has 1 rings (SSSR count). The molecule has 72 valence electrons. The Morgan fingerprint density at radius 3 is 2.69 bits per heavy atom. The van der Waals surface area contributed by atoms with Gasteiger partial charge in [-0.05, 0) is 18.9 Å². The summed E-state index contributed by atoms with van der Waals surface area (Å²) in [7, 11) is 0. The van der Waals surface area contributed by atoms with Crippen LogP contribution in [0.5, 0.6) is 0 Å². The first-order valence-corrected chi connectivity index (χ1v) is 4.85. The van der Waals surface area contributed by atoms with E-state index in [1.165, 1.54) is 6.07 Å². The Morgan fingerprint density at radius 1 is 1.38 bits per heavy atom. The van der Waals surface area contributed by atoms with Gasteiger partial charge in [0.1, 0.15) is 5.82 Å². The van der Waals surface area contributed by atoms with Crippen molar-refractivity contribution in [2.45, 2.75) is 18.9 Å². The molecule has 0 heterocycles. The van der Waals surface area contributed by atoms with Crippen LogP contribution in [0.25, 0.3) is 0 Å². The molecule has 0 radical (unpaired) electrons. The van der Waals surface area contributed by atoms with E-state index in [2.05, 4.69) is 0 Å². The third kappa shape index (κ3) is 2.98. The Kier molecular flexibility index (Phi) is 4.19. The van der Waals surface area contributed by atoms with Gasteiger partial charge in [-0.1, -0.05) is 18.2 Å². The zero-order valence-electron chi connectivity index (χ0n) is 7.34. The highest BCUT2D eigenvalue weighted by molar-refractivity contribution is 6.17. The highest BCUT2D eigenvalue weighted by Crippen LogP contribution is 2.18. The van der Waals surface area contributed by atoms with E-state index in [0.29, 0.717) is 11.4 Å². The number of alkyl halides is 1. The minimum Gasteiger partial charge on any atom is -0.324 e. The van der Waals surface area contributed by atoms with Crippen molar-refractivity contribution in [3.05, 3.63) is 35.6 Å². The van der Waals surface area contributed by atoms with Crippen LogP contribution >= 0.6 is 11.6 Å². The molecule has 2 N–H and O–H groups in total. The molecule has 0 amide bonds. The fraction of sp³-hybridized carbons (Fsp3) is 0.400. The molecular formula is C10H13ClFN. The molecule has 0 aromatic heterocycles. The number of hydrogen-bond acceptors (Lipinski definition) is 1. The quantitative estimate of drug-likeness (QED) is 0.745. The summed E-state index contributed by atoms with van der Waals surface area (Å²) in [5.74, 6) is 0.340. The Balaban J connectivity index is 2.65. The van der Waals surface area contributed by atoms with Crippen LogP contribution in [0.15, 0.2) is 24.3 Å². The lowest BCUT2D eigenvalue weighted by molar-refractivity contribution is 0.560. The van der Waals surface area contributed by atoms with E-state index in [1.54, 1.807) is 18.2 Å². The lowest BCUT2D eigenvalue weighted by Gasteiger charge is -2.11. The van der Waals surface area contributed by atoms with Gasteiger partial charge in [0, 0.05) is 17.5 Å². The summed E-state index contributed by atoms with van der Waals surface area (Å²) < 4.78 is 13.2. The van der Waals surface area contributed by atoms with Crippen molar-refractivity contribution in [2.24, 2.45) is 5.73 Å². The predicted octanol–water partition coefficient (Wildman–Crippen LogP) is 2.84. The van der Waals surface area contributed by atoms with Crippen molar-refractivity contribution in [1.82, 2.24) is 0 Å². The van der Waals surface area contributed by atoms with Crippen LogP contribution in [0.2, 0.25) is 0 Å². The van der Waals surface area contributed by atoms with Gasteiger partial charge in [-0.15, -0.1) is 11.6 Å². The fourth-order valence-electron chi connectivity index (χ4n) is 1.23. The molecule has 1 aromatic rings. The van der Waals surface area contributed by atoms with Crippen LogP contribution in [-0.2, 0) is 0 Å². The van der Waals surface area contributed by atoms with Crippen molar-refractivity contribution in [1.29, 1.82) is 0 Å². The summed E-state index contributed by atoms with van der Waals surface area (Å²) in [6.07, 6.45) is 1.54. The second kappa shape index (κ2) is 5.20. The van der Waals surface area contributed by atoms with Gasteiger partial charge >= 0.3 is 0 Å². The van der Waals surface area contributed by atoms with Crippen molar-refractivity contribution in [2.75, 3.05) is 5.88 Å². The van der Waals surface area contributed by atoms with E-state index in [9.17, 15) is 4.39 Å². The largest absolute Gasteiger partial charge is 0.324 e. The van der Waals surface area contributed by atoms with Crippen LogP contribution in [0.4, 0.5) is 4.39 Å². The first-order chi connectivity index (χ1) is 6.25. The molecule has 3 heteroatoms. The van der Waals surface area contributed by atoms with Crippen molar-refractivity contribution in [3.63, 3.8) is 0 Å². The molecule has 0 bridgehead atoms. The molecule has 0 saturated carbocycles. The van der Waals surface area contributed by atoms with Gasteiger partial charge in [-0.2, -0.15) is 0 Å². The van der Waals surface area contributed by atoms with E-state index in [-0.39, 0.29) is 11.9 Å². The van der Waals surface area contributed by atoms with E-state index in [1.807, 2.05) is 0 Å². The molecule has 1 aromatic carbocycles. The van der Waals surface area contributed by atoms with E-state index >= 15 is 0 Å². The Bertz CT molecular complexity index is 265. The van der Waals surface area contributed by atoms with Gasteiger partial charge in [0.15, 0.2) is 0 Å². The smallest absolute Gasteiger partial charge is 0.127 e. The zero-order chi connectivity index (χ0) is 9.68. The topological polar surface area (TPSA) is 26.0 Å². The third-order valence-electron chi connectivity index (χ3n) is 1.95. The SMILES string of the molecule is N[C@@H](CCCCl)c1ccccc1F. The normalized spacial score (nSPS) is 12.8. The highest BCUT2D eigenvalue weighted by Gasteiger charge is 2.09. The molecule has 0 aliphatic heterocycles. The van der Waals surface area contributed by atoms with Crippen LogP contribution in [0.1, 0.15) is 24.4 Å². The maximum absolute atomic E-state index is 13.2. The molecule has 0 aliphatic rings.